The molecule has 0 radical (unpaired) electrons. The average molecular weight is 415 g/mol. The van der Waals surface area contributed by atoms with Crippen molar-refractivity contribution in [2.45, 2.75) is 20.8 Å². The van der Waals surface area contributed by atoms with Crippen molar-refractivity contribution in [2.75, 3.05) is 16.0 Å². The van der Waals surface area contributed by atoms with Crippen molar-refractivity contribution in [1.29, 1.82) is 0 Å². The minimum absolute atomic E-state index is 0.258. The summed E-state index contributed by atoms with van der Waals surface area (Å²) < 4.78 is 0. The highest BCUT2D eigenvalue weighted by atomic mass is 35.5. The van der Waals surface area contributed by atoms with Crippen LogP contribution in [0, 0.1) is 20.8 Å². The van der Waals surface area contributed by atoms with Gasteiger partial charge >= 0.3 is 6.03 Å². The number of aryl methyl sites for hydroxylation is 3. The Labute approximate surface area is 172 Å². The van der Waals surface area contributed by atoms with Crippen molar-refractivity contribution in [2.24, 2.45) is 0 Å². The maximum Gasteiger partial charge on any atom is 0.325 e. The first-order chi connectivity index (χ1) is 13.3. The van der Waals surface area contributed by atoms with Crippen LogP contribution >= 0.6 is 22.9 Å². The van der Waals surface area contributed by atoms with Gasteiger partial charge in [-0.05, 0) is 68.3 Å². The Morgan fingerprint density at radius 3 is 2.18 bits per heavy atom. The molecule has 0 atom stereocenters. The van der Waals surface area contributed by atoms with Crippen LogP contribution in [-0.4, -0.2) is 16.9 Å². The number of thiazole rings is 1. The molecule has 1 aromatic heterocycles. The Morgan fingerprint density at radius 2 is 1.54 bits per heavy atom. The van der Waals surface area contributed by atoms with Gasteiger partial charge in [-0.25, -0.2) is 9.78 Å². The Balaban J connectivity index is 1.67. The van der Waals surface area contributed by atoms with E-state index in [0.717, 1.165) is 28.2 Å². The second kappa shape index (κ2) is 8.41. The number of aromatic nitrogens is 1. The van der Waals surface area contributed by atoms with E-state index < -0.39 is 6.03 Å². The van der Waals surface area contributed by atoms with Crippen LogP contribution in [-0.2, 0) is 0 Å². The number of rotatable bonds is 4. The molecule has 3 rings (SSSR count). The standard InChI is InChI=1S/C20H19ClN4O2S/c1-11-8-12(2)10-16(9-11)23-18(26)17-13(3)22-20(28-17)25-19(27)24-15-6-4-14(21)5-7-15/h4-10H,1-3H3,(H,23,26)(H2,22,24,25,27). The third kappa shape index (κ3) is 5.09. The van der Waals surface area contributed by atoms with E-state index in [2.05, 4.69) is 20.9 Å². The summed E-state index contributed by atoms with van der Waals surface area (Å²) in [6.07, 6.45) is 0. The average Bonchev–Trinajstić information content (AvgIpc) is 2.96. The molecule has 0 saturated carbocycles. The van der Waals surface area contributed by atoms with Crippen molar-refractivity contribution in [3.63, 3.8) is 0 Å². The number of anilines is 3. The SMILES string of the molecule is Cc1cc(C)cc(NC(=O)c2sc(NC(=O)Nc3ccc(Cl)cc3)nc2C)c1. The molecule has 0 fully saturated rings. The van der Waals surface area contributed by atoms with Crippen molar-refractivity contribution in [3.05, 3.63) is 69.2 Å². The number of urea groups is 1. The van der Waals surface area contributed by atoms with Gasteiger partial charge in [0.25, 0.3) is 5.91 Å². The van der Waals surface area contributed by atoms with Gasteiger partial charge in [-0.3, -0.25) is 10.1 Å². The first-order valence-corrected chi connectivity index (χ1v) is 9.70. The number of nitrogens with one attached hydrogen (secondary N) is 3. The van der Waals surface area contributed by atoms with Crippen LogP contribution in [0.4, 0.5) is 21.3 Å². The molecule has 2 aromatic carbocycles. The summed E-state index contributed by atoms with van der Waals surface area (Å²) in [6, 6.07) is 12.1. The van der Waals surface area contributed by atoms with E-state index in [4.69, 9.17) is 11.6 Å². The number of nitrogens with zero attached hydrogens (tertiary/aromatic N) is 1. The molecule has 0 aliphatic rings. The molecule has 144 valence electrons. The van der Waals surface area contributed by atoms with Crippen LogP contribution < -0.4 is 16.0 Å². The Bertz CT molecular complexity index is 1010. The summed E-state index contributed by atoms with van der Waals surface area (Å²) in [5.41, 5.74) is 4.01. The molecule has 0 bridgehead atoms. The second-order valence-corrected chi connectivity index (χ2v) is 7.79. The molecule has 0 saturated heterocycles. The largest absolute Gasteiger partial charge is 0.325 e. The number of carbonyl (C=O) groups is 2. The van der Waals surface area contributed by atoms with Gasteiger partial charge < -0.3 is 10.6 Å². The highest BCUT2D eigenvalue weighted by Crippen LogP contribution is 2.24. The number of hydrogen-bond acceptors (Lipinski definition) is 4. The molecule has 0 spiro atoms. The minimum atomic E-state index is -0.447. The highest BCUT2D eigenvalue weighted by Gasteiger charge is 2.17. The molecule has 1 heterocycles. The zero-order valence-electron chi connectivity index (χ0n) is 15.6. The third-order valence-electron chi connectivity index (χ3n) is 3.80. The van der Waals surface area contributed by atoms with Gasteiger partial charge in [0.15, 0.2) is 5.13 Å². The summed E-state index contributed by atoms with van der Waals surface area (Å²) in [5.74, 6) is -0.258. The number of amides is 3. The van der Waals surface area contributed by atoms with Crippen molar-refractivity contribution < 1.29 is 9.59 Å². The maximum atomic E-state index is 12.6. The van der Waals surface area contributed by atoms with E-state index in [1.165, 1.54) is 0 Å². The fourth-order valence-electron chi connectivity index (χ4n) is 2.69. The summed E-state index contributed by atoms with van der Waals surface area (Å²) in [7, 11) is 0. The predicted octanol–water partition coefficient (Wildman–Crippen LogP) is 5.62. The highest BCUT2D eigenvalue weighted by molar-refractivity contribution is 7.17. The van der Waals surface area contributed by atoms with Gasteiger partial charge in [0.1, 0.15) is 4.88 Å². The topological polar surface area (TPSA) is 83.1 Å². The van der Waals surface area contributed by atoms with Gasteiger partial charge in [-0.1, -0.05) is 29.0 Å². The van der Waals surface area contributed by atoms with Crippen molar-refractivity contribution in [1.82, 2.24) is 4.98 Å². The van der Waals surface area contributed by atoms with Crippen LogP contribution in [0.25, 0.3) is 0 Å². The Morgan fingerprint density at radius 1 is 0.893 bits per heavy atom. The van der Waals surface area contributed by atoms with Gasteiger partial charge in [0.2, 0.25) is 0 Å². The van der Waals surface area contributed by atoms with E-state index in [1.807, 2.05) is 32.0 Å². The summed E-state index contributed by atoms with van der Waals surface area (Å²) in [4.78, 5) is 29.4. The van der Waals surface area contributed by atoms with Crippen molar-refractivity contribution >= 4 is 51.4 Å². The lowest BCUT2D eigenvalue weighted by molar-refractivity contribution is 0.103. The summed E-state index contributed by atoms with van der Waals surface area (Å²) in [5, 5.41) is 9.14. The molecule has 3 N–H and O–H groups in total. The molecular weight excluding hydrogens is 396 g/mol. The Kier molecular flexibility index (Phi) is 5.96. The van der Waals surface area contributed by atoms with Gasteiger partial charge in [-0.15, -0.1) is 0 Å². The molecule has 0 aliphatic carbocycles. The quantitative estimate of drug-likeness (QED) is 0.518. The smallest absolute Gasteiger partial charge is 0.321 e. The van der Waals surface area contributed by atoms with Crippen LogP contribution in [0.15, 0.2) is 42.5 Å². The van der Waals surface area contributed by atoms with Crippen LogP contribution in [0.1, 0.15) is 26.5 Å². The van der Waals surface area contributed by atoms with E-state index in [9.17, 15) is 9.59 Å². The molecule has 0 aliphatic heterocycles. The fraction of sp³-hybridized carbons (Fsp3) is 0.150. The molecule has 6 nitrogen and oxygen atoms in total. The van der Waals surface area contributed by atoms with E-state index in [-0.39, 0.29) is 5.91 Å². The molecule has 3 aromatic rings. The number of benzene rings is 2. The van der Waals surface area contributed by atoms with Gasteiger partial charge in [0.05, 0.1) is 5.69 Å². The number of hydrogen-bond donors (Lipinski definition) is 3. The summed E-state index contributed by atoms with van der Waals surface area (Å²) >= 11 is 6.95. The second-order valence-electron chi connectivity index (χ2n) is 6.35. The molecule has 28 heavy (non-hydrogen) atoms. The van der Waals surface area contributed by atoms with E-state index in [1.54, 1.807) is 31.2 Å². The van der Waals surface area contributed by atoms with Gasteiger partial charge in [-0.2, -0.15) is 0 Å². The first-order valence-electron chi connectivity index (χ1n) is 8.51. The summed E-state index contributed by atoms with van der Waals surface area (Å²) in [6.45, 7) is 5.68. The zero-order valence-corrected chi connectivity index (χ0v) is 17.2. The normalized spacial score (nSPS) is 10.4. The minimum Gasteiger partial charge on any atom is -0.321 e. The molecule has 3 amide bonds. The van der Waals surface area contributed by atoms with E-state index >= 15 is 0 Å². The lowest BCUT2D eigenvalue weighted by Crippen LogP contribution is -2.19. The lowest BCUT2D eigenvalue weighted by Gasteiger charge is -2.06. The predicted molar refractivity (Wildman–Crippen MR) is 115 cm³/mol. The Hall–Kier alpha value is -2.90. The van der Waals surface area contributed by atoms with Gasteiger partial charge in [0, 0.05) is 16.4 Å². The van der Waals surface area contributed by atoms with E-state index in [0.29, 0.717) is 26.4 Å². The first kappa shape index (κ1) is 19.9. The lowest BCUT2D eigenvalue weighted by atomic mass is 10.1. The van der Waals surface area contributed by atoms with Crippen LogP contribution in [0.5, 0.6) is 0 Å². The maximum absolute atomic E-state index is 12.6. The molecular formula is C20H19ClN4O2S. The fourth-order valence-corrected chi connectivity index (χ4v) is 3.67. The molecule has 0 unspecified atom stereocenters. The van der Waals surface area contributed by atoms with Crippen molar-refractivity contribution in [3.8, 4) is 0 Å². The molecule has 8 heteroatoms. The van der Waals surface area contributed by atoms with Crippen LogP contribution in [0.2, 0.25) is 5.02 Å². The number of halogens is 1. The van der Waals surface area contributed by atoms with Crippen LogP contribution in [0.3, 0.4) is 0 Å². The third-order valence-corrected chi connectivity index (χ3v) is 5.13. The number of carbonyl (C=O) groups excluding carboxylic acids is 2. The zero-order chi connectivity index (χ0) is 20.3. The monoisotopic (exact) mass is 414 g/mol.